The van der Waals surface area contributed by atoms with Crippen molar-refractivity contribution in [3.63, 3.8) is 0 Å². The van der Waals surface area contributed by atoms with Crippen LogP contribution < -0.4 is 0 Å². The van der Waals surface area contributed by atoms with Crippen LogP contribution >= 0.6 is 0 Å². The van der Waals surface area contributed by atoms with Crippen LogP contribution in [0.15, 0.2) is 9.70 Å². The minimum absolute atomic E-state index is 0.0569. The van der Waals surface area contributed by atoms with E-state index in [2.05, 4.69) is 13.8 Å². The molecule has 11 heavy (non-hydrogen) atoms. The van der Waals surface area contributed by atoms with E-state index in [1.807, 2.05) is 13.0 Å². The Hall–Kier alpha value is 0.490. The number of aliphatic hydroxyl groups is 1. The first-order valence-electron chi connectivity index (χ1n) is 4.16. The summed E-state index contributed by atoms with van der Waals surface area (Å²) in [7, 11) is 0. The molecule has 0 amide bonds. The van der Waals surface area contributed by atoms with E-state index in [-0.39, 0.29) is 27.0 Å². The average molecular weight is 270 g/mol. The van der Waals surface area contributed by atoms with Gasteiger partial charge in [-0.1, -0.05) is 0 Å². The Labute approximate surface area is 80.0 Å². The molecule has 1 nitrogen and oxygen atoms in total. The van der Waals surface area contributed by atoms with Crippen molar-refractivity contribution in [2.75, 3.05) is 0 Å². The number of rotatable bonds is 5. The summed E-state index contributed by atoms with van der Waals surface area (Å²) in [6.45, 7) is 6.18. The molecule has 0 aliphatic rings. The van der Waals surface area contributed by atoms with Gasteiger partial charge in [0.2, 0.25) is 0 Å². The molecule has 0 saturated carbocycles. The molecule has 0 aromatic rings. The third kappa shape index (κ3) is 8.40. The Morgan fingerprint density at radius 1 is 1.64 bits per heavy atom. The van der Waals surface area contributed by atoms with E-state index in [9.17, 15) is 0 Å². The fourth-order valence-corrected chi connectivity index (χ4v) is 3.76. The molecule has 2 heteroatoms. The quantitative estimate of drug-likeness (QED) is 0.599. The zero-order chi connectivity index (χ0) is 8.69. The zero-order valence-electron chi connectivity index (χ0n) is 7.63. The van der Waals surface area contributed by atoms with Gasteiger partial charge in [-0.3, -0.25) is 0 Å². The molecule has 0 aromatic heterocycles. The van der Waals surface area contributed by atoms with Gasteiger partial charge in [0.15, 0.2) is 0 Å². The molecule has 1 N–H and O–H groups in total. The molecule has 0 heterocycles. The molecule has 0 bridgehead atoms. The van der Waals surface area contributed by atoms with E-state index in [1.54, 1.807) is 0 Å². The van der Waals surface area contributed by atoms with Crippen molar-refractivity contribution in [3.05, 3.63) is 9.70 Å². The average Bonchev–Trinajstić information content (AvgIpc) is 1.86. The molecule has 0 fully saturated rings. The van der Waals surface area contributed by atoms with Gasteiger partial charge in [-0.25, -0.2) is 0 Å². The summed E-state index contributed by atoms with van der Waals surface area (Å²) in [5.41, 5.74) is 0. The van der Waals surface area contributed by atoms with Crippen molar-refractivity contribution in [1.29, 1.82) is 0 Å². The van der Waals surface area contributed by atoms with Gasteiger partial charge in [-0.15, -0.1) is 0 Å². The SMILES string of the molecule is CCCC[Te]/C(C)=C\C(C)O. The summed E-state index contributed by atoms with van der Waals surface area (Å²) in [5, 5.41) is 9.02. The molecule has 0 aromatic carbocycles. The fourth-order valence-electron chi connectivity index (χ4n) is 0.765. The molecular weight excluding hydrogens is 252 g/mol. The van der Waals surface area contributed by atoms with E-state index in [0.29, 0.717) is 0 Å². The maximum absolute atomic E-state index is 9.02. The second kappa shape index (κ2) is 7.16. The first-order valence-corrected chi connectivity index (χ1v) is 6.97. The van der Waals surface area contributed by atoms with Crippen molar-refractivity contribution in [2.45, 2.75) is 44.2 Å². The molecular formula is C9H18OTe. The van der Waals surface area contributed by atoms with Crippen LogP contribution in [0.2, 0.25) is 4.47 Å². The Morgan fingerprint density at radius 2 is 2.27 bits per heavy atom. The van der Waals surface area contributed by atoms with E-state index in [0.717, 1.165) is 0 Å². The molecule has 1 unspecified atom stereocenters. The van der Waals surface area contributed by atoms with Gasteiger partial charge in [-0.2, -0.15) is 0 Å². The molecule has 0 saturated heterocycles. The van der Waals surface area contributed by atoms with Crippen molar-refractivity contribution in [1.82, 2.24) is 0 Å². The molecule has 66 valence electrons. The number of allylic oxidation sites excluding steroid dienone is 1. The third-order valence-electron chi connectivity index (χ3n) is 1.30. The molecule has 0 radical (unpaired) electrons. The Balaban J connectivity index is 3.43. The predicted octanol–water partition coefficient (Wildman–Crippen LogP) is 2.19. The van der Waals surface area contributed by atoms with Crippen molar-refractivity contribution < 1.29 is 5.11 Å². The van der Waals surface area contributed by atoms with E-state index < -0.39 is 0 Å². The standard InChI is InChI=1S/C9H18OTe/c1-4-5-6-11-9(3)7-8(2)10/h7-8,10H,4-6H2,1-3H3/b9-7-. The Bertz CT molecular complexity index is 119. The monoisotopic (exact) mass is 272 g/mol. The van der Waals surface area contributed by atoms with E-state index >= 15 is 0 Å². The summed E-state index contributed by atoms with van der Waals surface area (Å²) in [4.78, 5) is 0. The maximum atomic E-state index is 9.02. The van der Waals surface area contributed by atoms with Crippen molar-refractivity contribution >= 4 is 20.9 Å². The van der Waals surface area contributed by atoms with Crippen molar-refractivity contribution in [3.8, 4) is 0 Å². The van der Waals surface area contributed by atoms with Gasteiger partial charge in [0.05, 0.1) is 0 Å². The summed E-state index contributed by atoms with van der Waals surface area (Å²) in [6, 6.07) is 0. The molecule has 1 atom stereocenters. The fraction of sp³-hybridized carbons (Fsp3) is 0.778. The van der Waals surface area contributed by atoms with Crippen LogP contribution in [-0.2, 0) is 0 Å². The van der Waals surface area contributed by atoms with Crippen LogP contribution in [0.1, 0.15) is 33.6 Å². The van der Waals surface area contributed by atoms with Crippen LogP contribution in [0.4, 0.5) is 0 Å². The van der Waals surface area contributed by atoms with Gasteiger partial charge in [-0.05, 0) is 0 Å². The molecule has 0 rings (SSSR count). The van der Waals surface area contributed by atoms with Crippen LogP contribution in [0.3, 0.4) is 0 Å². The topological polar surface area (TPSA) is 20.2 Å². The van der Waals surface area contributed by atoms with Crippen LogP contribution in [-0.4, -0.2) is 32.1 Å². The second-order valence-corrected chi connectivity index (χ2v) is 6.55. The van der Waals surface area contributed by atoms with Gasteiger partial charge < -0.3 is 0 Å². The predicted molar refractivity (Wildman–Crippen MR) is 50.9 cm³/mol. The second-order valence-electron chi connectivity index (χ2n) is 2.72. The zero-order valence-corrected chi connectivity index (χ0v) is 9.96. The minimum atomic E-state index is -0.248. The van der Waals surface area contributed by atoms with E-state index in [4.69, 9.17) is 5.11 Å². The number of unbranched alkanes of at least 4 members (excludes halogenated alkanes) is 1. The first-order chi connectivity index (χ1) is 5.16. The van der Waals surface area contributed by atoms with Crippen LogP contribution in [0, 0.1) is 0 Å². The van der Waals surface area contributed by atoms with Gasteiger partial charge >= 0.3 is 79.9 Å². The number of aliphatic hydroxyl groups excluding tert-OH is 1. The van der Waals surface area contributed by atoms with Gasteiger partial charge in [0, 0.05) is 0 Å². The molecule has 0 aliphatic carbocycles. The third-order valence-corrected chi connectivity index (χ3v) is 4.40. The first kappa shape index (κ1) is 11.5. The van der Waals surface area contributed by atoms with Crippen LogP contribution in [0.5, 0.6) is 0 Å². The Morgan fingerprint density at radius 3 is 2.73 bits per heavy atom. The normalized spacial score (nSPS) is 15.1. The van der Waals surface area contributed by atoms with Gasteiger partial charge in [0.1, 0.15) is 0 Å². The molecule has 0 spiro atoms. The Kier molecular flexibility index (Phi) is 7.47. The van der Waals surface area contributed by atoms with Gasteiger partial charge in [0.25, 0.3) is 0 Å². The summed E-state index contributed by atoms with van der Waals surface area (Å²) in [6.07, 6.45) is 4.39. The van der Waals surface area contributed by atoms with Crippen LogP contribution in [0.25, 0.3) is 0 Å². The van der Waals surface area contributed by atoms with E-state index in [1.165, 1.54) is 20.9 Å². The summed E-state index contributed by atoms with van der Waals surface area (Å²) in [5.74, 6) is 0. The number of hydrogen-bond acceptors (Lipinski definition) is 1. The summed E-state index contributed by atoms with van der Waals surface area (Å²) < 4.78 is 2.83. The summed E-state index contributed by atoms with van der Waals surface area (Å²) >= 11 is 0.0569. The van der Waals surface area contributed by atoms with Crippen molar-refractivity contribution in [2.24, 2.45) is 0 Å². The molecule has 0 aliphatic heterocycles. The number of hydrogen-bond donors (Lipinski definition) is 1.